The minimum absolute atomic E-state index is 0.0744. The van der Waals surface area contributed by atoms with E-state index in [4.69, 9.17) is 4.74 Å². The highest BCUT2D eigenvalue weighted by molar-refractivity contribution is 5.79. The van der Waals surface area contributed by atoms with Gasteiger partial charge in [0.1, 0.15) is 5.75 Å². The molecule has 0 unspecified atom stereocenters. The highest BCUT2D eigenvalue weighted by atomic mass is 16.6. The smallest absolute Gasteiger partial charge is 0.269 e. The van der Waals surface area contributed by atoms with E-state index in [1.54, 1.807) is 25.3 Å². The summed E-state index contributed by atoms with van der Waals surface area (Å²) in [5, 5.41) is 17.2. The Kier molecular flexibility index (Phi) is 7.84. The third kappa shape index (κ3) is 6.81. The maximum absolute atomic E-state index is 10.7. The van der Waals surface area contributed by atoms with E-state index in [9.17, 15) is 10.1 Å². The average Bonchev–Trinajstić information content (AvgIpc) is 2.70. The molecule has 0 heterocycles. The van der Waals surface area contributed by atoms with E-state index < -0.39 is 4.92 Å². The zero-order chi connectivity index (χ0) is 19.5. The lowest BCUT2D eigenvalue weighted by Crippen LogP contribution is -2.38. The fourth-order valence-electron chi connectivity index (χ4n) is 2.35. The van der Waals surface area contributed by atoms with Crippen LogP contribution in [0.5, 0.6) is 5.75 Å². The number of nitrogens with zero attached hydrogens (tertiary/aromatic N) is 2. The number of methoxy groups -OCH3 is 1. The Hall–Kier alpha value is -3.35. The van der Waals surface area contributed by atoms with Crippen LogP contribution in [0.15, 0.2) is 66.2 Å². The summed E-state index contributed by atoms with van der Waals surface area (Å²) >= 11 is 0. The van der Waals surface area contributed by atoms with E-state index in [-0.39, 0.29) is 5.69 Å². The molecule has 0 radical (unpaired) electrons. The maximum atomic E-state index is 10.7. The standard InChI is InChI=1S/C20H24N4O3/c1-3-13-21-20(22-14-12-16-6-10-19(27-2)11-7-16)23-15-17-4-8-18(9-5-17)24(25)26/h3-11H,1,12-15H2,2H3,(H2,21,22,23). The molecule has 142 valence electrons. The van der Waals surface area contributed by atoms with E-state index in [0.717, 1.165) is 24.3 Å². The molecule has 0 spiro atoms. The number of non-ortho nitro benzene ring substituents is 1. The van der Waals surface area contributed by atoms with Gasteiger partial charge in [-0.3, -0.25) is 10.1 Å². The molecule has 0 saturated heterocycles. The third-order valence-corrected chi connectivity index (χ3v) is 3.85. The van der Waals surface area contributed by atoms with Crippen LogP contribution in [0.1, 0.15) is 11.1 Å². The van der Waals surface area contributed by atoms with Crippen molar-refractivity contribution in [2.75, 3.05) is 20.2 Å². The second kappa shape index (κ2) is 10.6. The van der Waals surface area contributed by atoms with Crippen LogP contribution in [0.25, 0.3) is 0 Å². The van der Waals surface area contributed by atoms with Crippen LogP contribution < -0.4 is 15.4 Å². The van der Waals surface area contributed by atoms with Gasteiger partial charge in [0.2, 0.25) is 0 Å². The Balaban J connectivity index is 1.91. The van der Waals surface area contributed by atoms with Crippen LogP contribution in [0.3, 0.4) is 0 Å². The first-order valence-electron chi connectivity index (χ1n) is 8.61. The fourth-order valence-corrected chi connectivity index (χ4v) is 2.35. The molecule has 0 bridgehead atoms. The van der Waals surface area contributed by atoms with Crippen LogP contribution in [0.2, 0.25) is 0 Å². The summed E-state index contributed by atoms with van der Waals surface area (Å²) in [7, 11) is 1.65. The first-order chi connectivity index (χ1) is 13.1. The van der Waals surface area contributed by atoms with E-state index >= 15 is 0 Å². The SMILES string of the molecule is C=CCNC(=NCc1ccc([N+](=O)[O-])cc1)NCCc1ccc(OC)cc1. The molecule has 2 aromatic carbocycles. The van der Waals surface area contributed by atoms with Crippen LogP contribution in [0.4, 0.5) is 5.69 Å². The molecule has 0 amide bonds. The number of hydrogen-bond acceptors (Lipinski definition) is 4. The van der Waals surface area contributed by atoms with Crippen molar-refractivity contribution < 1.29 is 9.66 Å². The molecule has 7 heteroatoms. The number of hydrogen-bond donors (Lipinski definition) is 2. The molecule has 27 heavy (non-hydrogen) atoms. The molecule has 2 N–H and O–H groups in total. The lowest BCUT2D eigenvalue weighted by Gasteiger charge is -2.11. The number of guanidine groups is 1. The Morgan fingerprint density at radius 2 is 1.81 bits per heavy atom. The van der Waals surface area contributed by atoms with Crippen molar-refractivity contribution in [3.8, 4) is 5.75 Å². The van der Waals surface area contributed by atoms with E-state index in [2.05, 4.69) is 22.2 Å². The van der Waals surface area contributed by atoms with Crippen molar-refractivity contribution >= 4 is 11.6 Å². The van der Waals surface area contributed by atoms with E-state index in [0.29, 0.717) is 19.0 Å². The summed E-state index contributed by atoms with van der Waals surface area (Å²) in [5.41, 5.74) is 2.17. The summed E-state index contributed by atoms with van der Waals surface area (Å²) in [5.74, 6) is 1.51. The topological polar surface area (TPSA) is 88.8 Å². The summed E-state index contributed by atoms with van der Waals surface area (Å²) in [6.07, 6.45) is 2.60. The second-order valence-electron chi connectivity index (χ2n) is 5.78. The first-order valence-corrected chi connectivity index (χ1v) is 8.61. The van der Waals surface area contributed by atoms with Gasteiger partial charge in [-0.1, -0.05) is 30.3 Å². The predicted octanol–water partition coefficient (Wildman–Crippen LogP) is 3.07. The van der Waals surface area contributed by atoms with Crippen molar-refractivity contribution in [3.05, 3.63) is 82.4 Å². The molecule has 0 aliphatic heterocycles. The van der Waals surface area contributed by atoms with E-state index in [1.807, 2.05) is 24.3 Å². The minimum Gasteiger partial charge on any atom is -0.497 e. The molecule has 0 aliphatic carbocycles. The van der Waals surface area contributed by atoms with Crippen molar-refractivity contribution in [2.45, 2.75) is 13.0 Å². The number of nitro groups is 1. The molecule has 0 fully saturated rings. The Morgan fingerprint density at radius 3 is 2.41 bits per heavy atom. The van der Waals surface area contributed by atoms with Crippen LogP contribution >= 0.6 is 0 Å². The quantitative estimate of drug-likeness (QED) is 0.233. The van der Waals surface area contributed by atoms with Crippen molar-refractivity contribution in [1.29, 1.82) is 0 Å². The highest BCUT2D eigenvalue weighted by Crippen LogP contribution is 2.13. The normalized spacial score (nSPS) is 10.9. The van der Waals surface area contributed by atoms with Crippen LogP contribution in [-0.4, -0.2) is 31.1 Å². The van der Waals surface area contributed by atoms with Gasteiger partial charge >= 0.3 is 0 Å². The van der Waals surface area contributed by atoms with Gasteiger partial charge in [-0.15, -0.1) is 6.58 Å². The Morgan fingerprint density at radius 1 is 1.15 bits per heavy atom. The first kappa shape index (κ1) is 20.0. The molecule has 0 aliphatic rings. The lowest BCUT2D eigenvalue weighted by molar-refractivity contribution is -0.384. The summed E-state index contributed by atoms with van der Waals surface area (Å²) < 4.78 is 5.16. The van der Waals surface area contributed by atoms with Gasteiger partial charge in [0.25, 0.3) is 5.69 Å². The van der Waals surface area contributed by atoms with Crippen LogP contribution in [0, 0.1) is 10.1 Å². The monoisotopic (exact) mass is 368 g/mol. The van der Waals surface area contributed by atoms with Gasteiger partial charge in [0.05, 0.1) is 18.6 Å². The molecule has 0 saturated carbocycles. The van der Waals surface area contributed by atoms with Gasteiger partial charge in [0.15, 0.2) is 5.96 Å². The minimum atomic E-state index is -0.412. The number of rotatable bonds is 9. The summed E-state index contributed by atoms with van der Waals surface area (Å²) in [6.45, 7) is 5.43. The van der Waals surface area contributed by atoms with Gasteiger partial charge in [-0.2, -0.15) is 0 Å². The number of aliphatic imine (C=N–C) groups is 1. The summed E-state index contributed by atoms with van der Waals surface area (Å²) in [6, 6.07) is 14.3. The maximum Gasteiger partial charge on any atom is 0.269 e. The van der Waals surface area contributed by atoms with Crippen molar-refractivity contribution in [3.63, 3.8) is 0 Å². The molecule has 2 rings (SSSR count). The number of nitrogens with one attached hydrogen (secondary N) is 2. The number of benzene rings is 2. The van der Waals surface area contributed by atoms with Crippen molar-refractivity contribution in [2.24, 2.45) is 4.99 Å². The Labute approximate surface area is 158 Å². The molecule has 2 aromatic rings. The van der Waals surface area contributed by atoms with Crippen LogP contribution in [-0.2, 0) is 13.0 Å². The van der Waals surface area contributed by atoms with Gasteiger partial charge < -0.3 is 15.4 Å². The van der Waals surface area contributed by atoms with Gasteiger partial charge in [-0.25, -0.2) is 4.99 Å². The molecular weight excluding hydrogens is 344 g/mol. The molecule has 0 atom stereocenters. The molecule has 0 aromatic heterocycles. The predicted molar refractivity (Wildman–Crippen MR) is 107 cm³/mol. The zero-order valence-electron chi connectivity index (χ0n) is 15.4. The van der Waals surface area contributed by atoms with Gasteiger partial charge in [-0.05, 0) is 29.7 Å². The molecular formula is C20H24N4O3. The van der Waals surface area contributed by atoms with E-state index in [1.165, 1.54) is 17.7 Å². The summed E-state index contributed by atoms with van der Waals surface area (Å²) in [4.78, 5) is 14.8. The average molecular weight is 368 g/mol. The fraction of sp³-hybridized carbons (Fsp3) is 0.250. The lowest BCUT2D eigenvalue weighted by atomic mass is 10.1. The largest absolute Gasteiger partial charge is 0.497 e. The second-order valence-corrected chi connectivity index (χ2v) is 5.78. The third-order valence-electron chi connectivity index (χ3n) is 3.85. The Bertz CT molecular complexity index is 771. The van der Waals surface area contributed by atoms with Crippen molar-refractivity contribution in [1.82, 2.24) is 10.6 Å². The number of nitro benzene ring substituents is 1. The number of ether oxygens (including phenoxy) is 1. The van der Waals surface area contributed by atoms with Gasteiger partial charge in [0, 0.05) is 25.2 Å². The highest BCUT2D eigenvalue weighted by Gasteiger charge is 2.04. The zero-order valence-corrected chi connectivity index (χ0v) is 15.4. The molecule has 7 nitrogen and oxygen atoms in total.